The van der Waals surface area contributed by atoms with E-state index in [0.717, 1.165) is 32.5 Å². The molecule has 0 bridgehead atoms. The summed E-state index contributed by atoms with van der Waals surface area (Å²) in [6, 6.07) is 0.241. The molecule has 1 saturated carbocycles. The van der Waals surface area contributed by atoms with Crippen LogP contribution in [0.2, 0.25) is 0 Å². The van der Waals surface area contributed by atoms with Crippen LogP contribution in [0.3, 0.4) is 0 Å². The van der Waals surface area contributed by atoms with Crippen LogP contribution >= 0.6 is 0 Å². The van der Waals surface area contributed by atoms with E-state index in [9.17, 15) is 13.2 Å². The maximum atomic E-state index is 13.0. The lowest BCUT2D eigenvalue weighted by Gasteiger charge is -2.34. The van der Waals surface area contributed by atoms with Crippen LogP contribution in [0.4, 0.5) is 13.2 Å². The van der Waals surface area contributed by atoms with Crippen molar-refractivity contribution >= 4 is 0 Å². The van der Waals surface area contributed by atoms with E-state index < -0.39 is 12.1 Å². The Morgan fingerprint density at radius 2 is 1.75 bits per heavy atom. The van der Waals surface area contributed by atoms with Gasteiger partial charge in [0, 0.05) is 12.6 Å². The Labute approximate surface area is 121 Å². The normalized spacial score (nSPS) is 25.9. The molecule has 3 unspecified atom stereocenters. The van der Waals surface area contributed by atoms with Crippen LogP contribution in [-0.2, 0) is 0 Å². The summed E-state index contributed by atoms with van der Waals surface area (Å²) in [5, 5.41) is 3.31. The quantitative estimate of drug-likeness (QED) is 0.770. The highest BCUT2D eigenvalue weighted by Crippen LogP contribution is 2.41. The van der Waals surface area contributed by atoms with Gasteiger partial charge in [-0.3, -0.25) is 0 Å². The summed E-state index contributed by atoms with van der Waals surface area (Å²) in [7, 11) is 0. The molecule has 0 aromatic heterocycles. The Balaban J connectivity index is 2.42. The molecule has 20 heavy (non-hydrogen) atoms. The summed E-state index contributed by atoms with van der Waals surface area (Å²) in [5.74, 6) is -1.35. The van der Waals surface area contributed by atoms with E-state index in [-0.39, 0.29) is 12.0 Å². The van der Waals surface area contributed by atoms with Gasteiger partial charge in [0.15, 0.2) is 0 Å². The summed E-state index contributed by atoms with van der Waals surface area (Å²) in [6.45, 7) is 9.63. The Bertz CT molecular complexity index is 264. The summed E-state index contributed by atoms with van der Waals surface area (Å²) in [4.78, 5) is 2.29. The summed E-state index contributed by atoms with van der Waals surface area (Å²) >= 11 is 0. The topological polar surface area (TPSA) is 15.3 Å². The lowest BCUT2D eigenvalue weighted by atomic mass is 9.78. The molecule has 0 aliphatic heterocycles. The predicted octanol–water partition coefficient (Wildman–Crippen LogP) is 3.68. The van der Waals surface area contributed by atoms with Crippen molar-refractivity contribution in [2.75, 3.05) is 26.2 Å². The van der Waals surface area contributed by atoms with Crippen LogP contribution in [0.1, 0.15) is 46.5 Å². The molecule has 0 amide bonds. The molecule has 0 spiro atoms. The van der Waals surface area contributed by atoms with Crippen molar-refractivity contribution in [2.24, 2.45) is 11.8 Å². The average Bonchev–Trinajstić information content (AvgIpc) is 2.41. The zero-order valence-electron chi connectivity index (χ0n) is 13.0. The lowest BCUT2D eigenvalue weighted by Crippen LogP contribution is -2.44. The molecular weight excluding hydrogens is 265 g/mol. The molecule has 3 atom stereocenters. The SMILES string of the molecule is CCN(CC)CC(C)NCC1CCCCC1C(F)(F)F. The first kappa shape index (κ1) is 17.8. The number of likely N-dealkylation sites (N-methyl/N-ethyl adjacent to an activating group) is 1. The van der Waals surface area contributed by atoms with Crippen molar-refractivity contribution in [2.45, 2.75) is 58.7 Å². The molecule has 1 fully saturated rings. The summed E-state index contributed by atoms with van der Waals surface area (Å²) in [5.41, 5.74) is 0. The highest BCUT2D eigenvalue weighted by molar-refractivity contribution is 4.83. The highest BCUT2D eigenvalue weighted by Gasteiger charge is 2.45. The molecular formula is C15H29F3N2. The number of nitrogens with zero attached hydrogens (tertiary/aromatic N) is 1. The maximum Gasteiger partial charge on any atom is 0.392 e. The molecule has 1 aliphatic carbocycles. The van der Waals surface area contributed by atoms with Crippen LogP contribution in [0.25, 0.3) is 0 Å². The number of rotatable bonds is 7. The smallest absolute Gasteiger partial charge is 0.313 e. The summed E-state index contributed by atoms with van der Waals surface area (Å²) in [6.07, 6.45) is -1.37. The van der Waals surface area contributed by atoms with Crippen molar-refractivity contribution in [3.8, 4) is 0 Å². The molecule has 1 aliphatic rings. The second kappa shape index (κ2) is 8.23. The van der Waals surface area contributed by atoms with E-state index in [0.29, 0.717) is 19.4 Å². The Kier molecular flexibility index (Phi) is 7.30. The molecule has 0 aromatic rings. The maximum absolute atomic E-state index is 13.0. The molecule has 0 saturated heterocycles. The largest absolute Gasteiger partial charge is 0.392 e. The highest BCUT2D eigenvalue weighted by atomic mass is 19.4. The van der Waals surface area contributed by atoms with Gasteiger partial charge >= 0.3 is 6.18 Å². The predicted molar refractivity (Wildman–Crippen MR) is 76.8 cm³/mol. The van der Waals surface area contributed by atoms with E-state index in [4.69, 9.17) is 0 Å². The zero-order valence-corrected chi connectivity index (χ0v) is 13.0. The number of alkyl halides is 3. The first-order valence-corrected chi connectivity index (χ1v) is 7.90. The van der Waals surface area contributed by atoms with E-state index in [1.165, 1.54) is 0 Å². The third-order valence-corrected chi connectivity index (χ3v) is 4.48. The fourth-order valence-corrected chi connectivity index (χ4v) is 3.17. The molecule has 1 rings (SSSR count). The van der Waals surface area contributed by atoms with Crippen molar-refractivity contribution in [1.82, 2.24) is 10.2 Å². The molecule has 2 nitrogen and oxygen atoms in total. The van der Waals surface area contributed by atoms with E-state index >= 15 is 0 Å². The van der Waals surface area contributed by atoms with Gasteiger partial charge in [-0.1, -0.05) is 26.7 Å². The third kappa shape index (κ3) is 5.60. The Hall–Kier alpha value is -0.290. The molecule has 0 heterocycles. The van der Waals surface area contributed by atoms with Gasteiger partial charge in [0.1, 0.15) is 0 Å². The number of halogens is 3. The van der Waals surface area contributed by atoms with Crippen LogP contribution in [0.15, 0.2) is 0 Å². The second-order valence-electron chi connectivity index (χ2n) is 5.99. The average molecular weight is 294 g/mol. The number of hydrogen-bond acceptors (Lipinski definition) is 2. The van der Waals surface area contributed by atoms with E-state index in [2.05, 4.69) is 31.0 Å². The van der Waals surface area contributed by atoms with Crippen LogP contribution in [0, 0.1) is 11.8 Å². The fraction of sp³-hybridized carbons (Fsp3) is 1.00. The minimum Gasteiger partial charge on any atom is -0.313 e. The molecule has 5 heteroatoms. The Morgan fingerprint density at radius 3 is 2.30 bits per heavy atom. The van der Waals surface area contributed by atoms with Crippen molar-refractivity contribution < 1.29 is 13.2 Å². The van der Waals surface area contributed by atoms with Crippen molar-refractivity contribution in [3.05, 3.63) is 0 Å². The monoisotopic (exact) mass is 294 g/mol. The van der Waals surface area contributed by atoms with Gasteiger partial charge in [-0.05, 0) is 45.3 Å². The molecule has 120 valence electrons. The minimum atomic E-state index is -4.03. The van der Waals surface area contributed by atoms with Crippen LogP contribution in [-0.4, -0.2) is 43.3 Å². The van der Waals surface area contributed by atoms with Crippen LogP contribution in [0.5, 0.6) is 0 Å². The van der Waals surface area contributed by atoms with Gasteiger partial charge in [-0.2, -0.15) is 13.2 Å². The van der Waals surface area contributed by atoms with Gasteiger partial charge in [-0.15, -0.1) is 0 Å². The van der Waals surface area contributed by atoms with Crippen LogP contribution < -0.4 is 5.32 Å². The first-order valence-electron chi connectivity index (χ1n) is 7.90. The second-order valence-corrected chi connectivity index (χ2v) is 5.99. The van der Waals surface area contributed by atoms with Crippen molar-refractivity contribution in [1.29, 1.82) is 0 Å². The van der Waals surface area contributed by atoms with Gasteiger partial charge in [0.05, 0.1) is 5.92 Å². The van der Waals surface area contributed by atoms with Gasteiger partial charge in [-0.25, -0.2) is 0 Å². The zero-order chi connectivity index (χ0) is 15.2. The van der Waals surface area contributed by atoms with Gasteiger partial charge in [0.25, 0.3) is 0 Å². The molecule has 0 aromatic carbocycles. The van der Waals surface area contributed by atoms with Crippen molar-refractivity contribution in [3.63, 3.8) is 0 Å². The lowest BCUT2D eigenvalue weighted by molar-refractivity contribution is -0.195. The van der Waals surface area contributed by atoms with Gasteiger partial charge < -0.3 is 10.2 Å². The first-order chi connectivity index (χ1) is 9.38. The minimum absolute atomic E-state index is 0.241. The van der Waals surface area contributed by atoms with Gasteiger partial charge in [0.2, 0.25) is 0 Å². The third-order valence-electron chi connectivity index (χ3n) is 4.48. The molecule has 1 N–H and O–H groups in total. The Morgan fingerprint density at radius 1 is 1.15 bits per heavy atom. The summed E-state index contributed by atoms with van der Waals surface area (Å²) < 4.78 is 39.0. The number of hydrogen-bond donors (Lipinski definition) is 1. The number of nitrogens with one attached hydrogen (secondary N) is 1. The fourth-order valence-electron chi connectivity index (χ4n) is 3.17. The standard InChI is InChI=1S/C15H29F3N2/c1-4-20(5-2)11-12(3)19-10-13-8-6-7-9-14(13)15(16,17)18/h12-14,19H,4-11H2,1-3H3. The molecule has 0 radical (unpaired) electrons. The van der Waals surface area contributed by atoms with E-state index in [1.54, 1.807) is 0 Å². The van der Waals surface area contributed by atoms with E-state index in [1.807, 2.05) is 0 Å².